The van der Waals surface area contributed by atoms with E-state index in [-0.39, 0.29) is 17.7 Å². The van der Waals surface area contributed by atoms with Gasteiger partial charge in [0.1, 0.15) is 18.1 Å². The summed E-state index contributed by atoms with van der Waals surface area (Å²) in [6.45, 7) is 7.20. The molecule has 0 saturated carbocycles. The van der Waals surface area contributed by atoms with Crippen molar-refractivity contribution >= 4 is 23.4 Å². The lowest BCUT2D eigenvalue weighted by atomic mass is 9.95. The third kappa shape index (κ3) is 4.22. The molecule has 176 valence electrons. The van der Waals surface area contributed by atoms with Gasteiger partial charge in [0.05, 0.1) is 36.1 Å². The van der Waals surface area contributed by atoms with Crippen LogP contribution >= 0.6 is 11.3 Å². The molecule has 9 heteroatoms. The predicted molar refractivity (Wildman–Crippen MR) is 128 cm³/mol. The lowest BCUT2D eigenvalue weighted by Crippen LogP contribution is -2.40. The number of aryl methyl sites for hydroxylation is 1. The minimum absolute atomic E-state index is 0.0382. The Balaban J connectivity index is 1.96. The van der Waals surface area contributed by atoms with Crippen molar-refractivity contribution in [3.8, 4) is 11.5 Å². The molecule has 2 aromatic heterocycles. The second-order valence-electron chi connectivity index (χ2n) is 7.53. The summed E-state index contributed by atoms with van der Waals surface area (Å²) < 4.78 is 23.7. The number of allylic oxidation sites excluding steroid dienone is 1. The van der Waals surface area contributed by atoms with E-state index in [0.29, 0.717) is 37.9 Å². The summed E-state index contributed by atoms with van der Waals surface area (Å²) in [6, 6.07) is 8.12. The van der Waals surface area contributed by atoms with Gasteiger partial charge < -0.3 is 18.6 Å². The van der Waals surface area contributed by atoms with E-state index in [2.05, 4.69) is 11.6 Å². The van der Waals surface area contributed by atoms with E-state index < -0.39 is 12.0 Å². The number of aromatic nitrogens is 1. The van der Waals surface area contributed by atoms with Crippen molar-refractivity contribution in [3.05, 3.63) is 91.0 Å². The van der Waals surface area contributed by atoms with Gasteiger partial charge in [-0.3, -0.25) is 9.36 Å². The summed E-state index contributed by atoms with van der Waals surface area (Å²) in [5.41, 5.74) is 1.09. The van der Waals surface area contributed by atoms with Crippen LogP contribution in [0.15, 0.2) is 68.5 Å². The highest BCUT2D eigenvalue weighted by Gasteiger charge is 2.34. The molecule has 0 radical (unpaired) electrons. The Morgan fingerprint density at radius 3 is 2.62 bits per heavy atom. The van der Waals surface area contributed by atoms with Crippen LogP contribution < -0.4 is 24.4 Å². The number of thiazole rings is 1. The van der Waals surface area contributed by atoms with Gasteiger partial charge in [-0.2, -0.15) is 0 Å². The smallest absolute Gasteiger partial charge is 0.338 e. The van der Waals surface area contributed by atoms with Crippen molar-refractivity contribution in [2.45, 2.75) is 19.9 Å². The molecule has 1 unspecified atom stereocenters. The maximum Gasteiger partial charge on any atom is 0.338 e. The van der Waals surface area contributed by atoms with Gasteiger partial charge in [-0.25, -0.2) is 9.79 Å². The Kier molecular flexibility index (Phi) is 6.56. The van der Waals surface area contributed by atoms with Crippen LogP contribution in [0, 0.1) is 6.92 Å². The van der Waals surface area contributed by atoms with Crippen LogP contribution in [-0.2, 0) is 9.53 Å². The molecule has 0 aliphatic carbocycles. The first kappa shape index (κ1) is 23.3. The molecule has 0 amide bonds. The lowest BCUT2D eigenvalue weighted by molar-refractivity contribution is -0.138. The molecule has 8 nitrogen and oxygen atoms in total. The van der Waals surface area contributed by atoms with Gasteiger partial charge in [-0.1, -0.05) is 30.1 Å². The van der Waals surface area contributed by atoms with Crippen LogP contribution in [-0.4, -0.2) is 31.4 Å². The van der Waals surface area contributed by atoms with E-state index in [1.165, 1.54) is 29.1 Å². The number of furan rings is 1. The van der Waals surface area contributed by atoms with Crippen LogP contribution in [0.5, 0.6) is 11.5 Å². The molecule has 1 aromatic carbocycles. The Labute approximate surface area is 199 Å². The maximum absolute atomic E-state index is 13.6. The zero-order valence-corrected chi connectivity index (χ0v) is 20.1. The number of rotatable bonds is 7. The quantitative estimate of drug-likeness (QED) is 0.381. The zero-order chi connectivity index (χ0) is 24.4. The molecule has 3 heterocycles. The standard InChI is InChI=1S/C25H24N2O6S/c1-6-11-32-24(29)21-15(3)26-25-27(22(21)16-8-10-18(30-4)19(12-16)31-5)23(28)20(34-25)13-17-9-7-14(2)33-17/h6-10,12-13,22H,1,11H2,2-5H3. The van der Waals surface area contributed by atoms with Crippen molar-refractivity contribution in [1.29, 1.82) is 0 Å². The SMILES string of the molecule is C=CCOC(=O)C1=C(C)N=c2sc(=Cc3ccc(C)o3)c(=O)n2C1c1ccc(OC)c(OC)c1. The average Bonchev–Trinajstić information content (AvgIpc) is 3.38. The number of esters is 1. The van der Waals surface area contributed by atoms with E-state index in [4.69, 9.17) is 18.6 Å². The van der Waals surface area contributed by atoms with E-state index in [1.54, 1.807) is 44.4 Å². The number of fused-ring (bicyclic) bond motifs is 1. The molecule has 0 fully saturated rings. The van der Waals surface area contributed by atoms with Gasteiger partial charge >= 0.3 is 5.97 Å². The number of methoxy groups -OCH3 is 2. The van der Waals surface area contributed by atoms with Gasteiger partial charge in [-0.15, -0.1) is 0 Å². The molecule has 34 heavy (non-hydrogen) atoms. The minimum Gasteiger partial charge on any atom is -0.493 e. The number of hydrogen-bond donors (Lipinski definition) is 0. The molecular weight excluding hydrogens is 456 g/mol. The fourth-order valence-electron chi connectivity index (χ4n) is 3.79. The number of carbonyl (C=O) groups is 1. The van der Waals surface area contributed by atoms with Gasteiger partial charge in [-0.05, 0) is 43.7 Å². The van der Waals surface area contributed by atoms with Crippen LogP contribution in [0.25, 0.3) is 6.08 Å². The first-order chi connectivity index (χ1) is 16.4. The third-order valence-corrected chi connectivity index (χ3v) is 6.31. The van der Waals surface area contributed by atoms with Crippen LogP contribution in [0.3, 0.4) is 0 Å². The van der Waals surface area contributed by atoms with Gasteiger partial charge in [0.15, 0.2) is 16.3 Å². The first-order valence-electron chi connectivity index (χ1n) is 10.5. The van der Waals surface area contributed by atoms with Crippen molar-refractivity contribution < 1.29 is 23.4 Å². The fourth-order valence-corrected chi connectivity index (χ4v) is 4.82. The Morgan fingerprint density at radius 2 is 1.97 bits per heavy atom. The second-order valence-corrected chi connectivity index (χ2v) is 8.54. The molecule has 1 aliphatic heterocycles. The fraction of sp³-hybridized carbons (Fsp3) is 0.240. The van der Waals surface area contributed by atoms with Gasteiger partial charge in [0.2, 0.25) is 0 Å². The largest absolute Gasteiger partial charge is 0.493 e. The lowest BCUT2D eigenvalue weighted by Gasteiger charge is -2.25. The van der Waals surface area contributed by atoms with Gasteiger partial charge in [0, 0.05) is 6.08 Å². The van der Waals surface area contributed by atoms with Crippen molar-refractivity contribution in [3.63, 3.8) is 0 Å². The summed E-state index contributed by atoms with van der Waals surface area (Å²) >= 11 is 1.23. The molecule has 0 saturated heterocycles. The van der Waals surface area contributed by atoms with Crippen LogP contribution in [0.2, 0.25) is 0 Å². The second kappa shape index (κ2) is 9.56. The van der Waals surface area contributed by atoms with E-state index in [9.17, 15) is 9.59 Å². The predicted octanol–water partition coefficient (Wildman–Crippen LogP) is 2.88. The van der Waals surface area contributed by atoms with E-state index in [1.807, 2.05) is 13.0 Å². The molecule has 3 aromatic rings. The molecule has 0 N–H and O–H groups in total. The van der Waals surface area contributed by atoms with Crippen LogP contribution in [0.4, 0.5) is 0 Å². The number of benzene rings is 1. The Hall–Kier alpha value is -3.85. The monoisotopic (exact) mass is 480 g/mol. The summed E-state index contributed by atoms with van der Waals surface area (Å²) in [7, 11) is 3.07. The molecular formula is C25H24N2O6S. The van der Waals surface area contributed by atoms with Gasteiger partial charge in [0.25, 0.3) is 5.56 Å². The number of hydrogen-bond acceptors (Lipinski definition) is 8. The third-order valence-electron chi connectivity index (χ3n) is 5.33. The summed E-state index contributed by atoms with van der Waals surface area (Å²) in [6.07, 6.45) is 3.16. The summed E-state index contributed by atoms with van der Waals surface area (Å²) in [5, 5.41) is 0. The molecule has 1 aliphatic rings. The number of nitrogens with zero attached hydrogens (tertiary/aromatic N) is 2. The summed E-state index contributed by atoms with van der Waals surface area (Å²) in [4.78, 5) is 31.7. The maximum atomic E-state index is 13.6. The van der Waals surface area contributed by atoms with Crippen molar-refractivity contribution in [2.75, 3.05) is 20.8 Å². The topological polar surface area (TPSA) is 92.3 Å². The first-order valence-corrected chi connectivity index (χ1v) is 11.3. The number of carbonyl (C=O) groups excluding carboxylic acids is 1. The minimum atomic E-state index is -0.770. The molecule has 0 bridgehead atoms. The summed E-state index contributed by atoms with van der Waals surface area (Å²) in [5.74, 6) is 1.74. The number of ether oxygens (including phenoxy) is 3. The highest BCUT2D eigenvalue weighted by Crippen LogP contribution is 2.36. The molecule has 4 rings (SSSR count). The van der Waals surface area contributed by atoms with Crippen LogP contribution in [0.1, 0.15) is 30.0 Å². The normalized spacial score (nSPS) is 15.5. The zero-order valence-electron chi connectivity index (χ0n) is 19.3. The molecule has 0 spiro atoms. The Bertz CT molecular complexity index is 1470. The highest BCUT2D eigenvalue weighted by atomic mass is 32.1. The average molecular weight is 481 g/mol. The Morgan fingerprint density at radius 1 is 1.21 bits per heavy atom. The van der Waals surface area contributed by atoms with Crippen molar-refractivity contribution in [1.82, 2.24) is 4.57 Å². The van der Waals surface area contributed by atoms with Crippen molar-refractivity contribution in [2.24, 2.45) is 4.99 Å². The van der Waals surface area contributed by atoms with E-state index in [0.717, 1.165) is 5.76 Å². The highest BCUT2D eigenvalue weighted by molar-refractivity contribution is 7.07. The molecule has 1 atom stereocenters. The van der Waals surface area contributed by atoms with E-state index >= 15 is 0 Å².